The van der Waals surface area contributed by atoms with Gasteiger partial charge in [0.2, 0.25) is 0 Å². The fraction of sp³-hybridized carbons (Fsp3) is 0.500. The van der Waals surface area contributed by atoms with Crippen LogP contribution >= 0.6 is 11.8 Å². The van der Waals surface area contributed by atoms with E-state index in [-0.39, 0.29) is 0 Å². The first kappa shape index (κ1) is 10.1. The van der Waals surface area contributed by atoms with Gasteiger partial charge in [0.05, 0.1) is 6.61 Å². The number of benzene rings is 1. The summed E-state index contributed by atoms with van der Waals surface area (Å²) in [6, 6.07) is 8.66. The van der Waals surface area contributed by atoms with E-state index in [4.69, 9.17) is 4.74 Å². The highest BCUT2D eigenvalue weighted by molar-refractivity contribution is 8.00. The van der Waals surface area contributed by atoms with E-state index in [1.54, 1.807) is 0 Å². The van der Waals surface area contributed by atoms with E-state index in [0.29, 0.717) is 5.25 Å². The number of fused-ring (bicyclic) bond motifs is 1. The van der Waals surface area contributed by atoms with Gasteiger partial charge in [-0.25, -0.2) is 0 Å². The van der Waals surface area contributed by atoms with Gasteiger partial charge in [-0.15, -0.1) is 11.8 Å². The molecule has 0 saturated carbocycles. The summed E-state index contributed by atoms with van der Waals surface area (Å²) in [6.07, 6.45) is 2.29. The van der Waals surface area contributed by atoms with Gasteiger partial charge < -0.3 is 4.74 Å². The molecular weight excluding hydrogens is 192 g/mol. The van der Waals surface area contributed by atoms with Crippen molar-refractivity contribution in [2.75, 3.05) is 13.2 Å². The molecule has 0 aliphatic carbocycles. The Morgan fingerprint density at radius 3 is 3.07 bits per heavy atom. The predicted octanol–water partition coefficient (Wildman–Crippen LogP) is 3.13. The maximum Gasteiger partial charge on any atom is 0.0591 e. The van der Waals surface area contributed by atoms with Crippen molar-refractivity contribution in [2.24, 2.45) is 0 Å². The van der Waals surface area contributed by atoms with Gasteiger partial charge >= 0.3 is 0 Å². The minimum Gasteiger partial charge on any atom is -0.380 e. The summed E-state index contributed by atoms with van der Waals surface area (Å²) >= 11 is 1.96. The lowest BCUT2D eigenvalue weighted by Crippen LogP contribution is -2.11. The number of thioether (sulfide) groups is 1. The summed E-state index contributed by atoms with van der Waals surface area (Å²) in [5.74, 6) is 0. The van der Waals surface area contributed by atoms with Crippen molar-refractivity contribution in [2.45, 2.75) is 29.9 Å². The number of hydrogen-bond donors (Lipinski definition) is 0. The molecule has 0 bridgehead atoms. The van der Waals surface area contributed by atoms with Crippen LogP contribution in [0.25, 0.3) is 0 Å². The van der Waals surface area contributed by atoms with Crippen LogP contribution in [0.4, 0.5) is 0 Å². The van der Waals surface area contributed by atoms with Crippen LogP contribution in [0.2, 0.25) is 0 Å². The minimum atomic E-state index is 0.638. The van der Waals surface area contributed by atoms with Crippen LogP contribution < -0.4 is 0 Å². The molecule has 1 atom stereocenters. The molecule has 14 heavy (non-hydrogen) atoms. The minimum absolute atomic E-state index is 0.638. The van der Waals surface area contributed by atoms with E-state index < -0.39 is 0 Å². The highest BCUT2D eigenvalue weighted by atomic mass is 32.2. The Morgan fingerprint density at radius 1 is 1.43 bits per heavy atom. The second-order valence-electron chi connectivity index (χ2n) is 3.63. The van der Waals surface area contributed by atoms with Gasteiger partial charge in [0.25, 0.3) is 0 Å². The molecule has 1 heterocycles. The first-order valence-electron chi connectivity index (χ1n) is 5.22. The molecule has 1 aliphatic rings. The highest BCUT2D eigenvalue weighted by Crippen LogP contribution is 2.36. The van der Waals surface area contributed by atoms with Crippen molar-refractivity contribution in [3.63, 3.8) is 0 Å². The van der Waals surface area contributed by atoms with Crippen LogP contribution in [-0.2, 0) is 11.2 Å². The fourth-order valence-corrected chi connectivity index (χ4v) is 2.95. The molecule has 2 rings (SSSR count). The van der Waals surface area contributed by atoms with E-state index in [0.717, 1.165) is 19.6 Å². The highest BCUT2D eigenvalue weighted by Gasteiger charge is 2.21. The van der Waals surface area contributed by atoms with E-state index >= 15 is 0 Å². The zero-order valence-electron chi connectivity index (χ0n) is 8.53. The van der Waals surface area contributed by atoms with Gasteiger partial charge in [-0.1, -0.05) is 25.1 Å². The predicted molar refractivity (Wildman–Crippen MR) is 60.9 cm³/mol. The molecule has 0 aromatic heterocycles. The Bertz CT molecular complexity index is 273. The molecule has 0 amide bonds. The molecule has 0 fully saturated rings. The quantitative estimate of drug-likeness (QED) is 0.703. The molecule has 1 aliphatic heterocycles. The third-order valence-corrected chi connectivity index (χ3v) is 3.65. The van der Waals surface area contributed by atoms with Crippen molar-refractivity contribution < 1.29 is 4.74 Å². The fourth-order valence-electron chi connectivity index (χ4n) is 1.71. The lowest BCUT2D eigenvalue weighted by Gasteiger charge is -2.07. The van der Waals surface area contributed by atoms with Crippen LogP contribution in [0.15, 0.2) is 29.2 Å². The maximum atomic E-state index is 5.58. The Morgan fingerprint density at radius 2 is 2.29 bits per heavy atom. The van der Waals surface area contributed by atoms with Crippen LogP contribution in [-0.4, -0.2) is 18.5 Å². The van der Waals surface area contributed by atoms with Crippen molar-refractivity contribution in [3.05, 3.63) is 29.8 Å². The van der Waals surface area contributed by atoms with E-state index in [2.05, 4.69) is 31.2 Å². The largest absolute Gasteiger partial charge is 0.380 e. The Labute approximate surface area is 89.9 Å². The molecule has 2 heteroatoms. The Kier molecular flexibility index (Phi) is 3.49. The van der Waals surface area contributed by atoms with Crippen molar-refractivity contribution >= 4 is 11.8 Å². The molecule has 0 N–H and O–H groups in total. The molecule has 1 aromatic carbocycles. The van der Waals surface area contributed by atoms with E-state index in [9.17, 15) is 0 Å². The third kappa shape index (κ3) is 2.31. The average Bonchev–Trinajstić information content (AvgIpc) is 2.60. The summed E-state index contributed by atoms with van der Waals surface area (Å²) < 4.78 is 5.58. The Hall–Kier alpha value is -0.470. The third-order valence-electron chi connectivity index (χ3n) is 2.37. The topological polar surface area (TPSA) is 9.23 Å². The van der Waals surface area contributed by atoms with Gasteiger partial charge in [-0.2, -0.15) is 0 Å². The van der Waals surface area contributed by atoms with Gasteiger partial charge in [0, 0.05) is 16.8 Å². The molecule has 1 unspecified atom stereocenters. The number of rotatable bonds is 4. The summed E-state index contributed by atoms with van der Waals surface area (Å²) in [7, 11) is 0. The normalized spacial score (nSPS) is 19.6. The first-order valence-corrected chi connectivity index (χ1v) is 6.10. The lowest BCUT2D eigenvalue weighted by molar-refractivity contribution is 0.136. The van der Waals surface area contributed by atoms with Crippen molar-refractivity contribution in [3.8, 4) is 0 Å². The molecule has 1 aromatic rings. The molecule has 0 radical (unpaired) electrons. The second-order valence-corrected chi connectivity index (χ2v) is 4.97. The molecule has 0 spiro atoms. The second kappa shape index (κ2) is 4.85. The van der Waals surface area contributed by atoms with Crippen LogP contribution in [0.1, 0.15) is 18.9 Å². The van der Waals surface area contributed by atoms with E-state index in [1.807, 2.05) is 11.8 Å². The standard InChI is InChI=1S/C12H16OS/c1-2-7-13-9-11-8-10-5-3-4-6-12(10)14-11/h3-6,11H,2,7-9H2,1H3. The molecule has 0 saturated heterocycles. The summed E-state index contributed by atoms with van der Waals surface area (Å²) in [4.78, 5) is 1.44. The van der Waals surface area contributed by atoms with Crippen LogP contribution in [0, 0.1) is 0 Å². The summed E-state index contributed by atoms with van der Waals surface area (Å²) in [5.41, 5.74) is 1.49. The van der Waals surface area contributed by atoms with Gasteiger partial charge in [-0.05, 0) is 24.5 Å². The lowest BCUT2D eigenvalue weighted by atomic mass is 10.1. The van der Waals surface area contributed by atoms with Gasteiger partial charge in [-0.3, -0.25) is 0 Å². The van der Waals surface area contributed by atoms with Gasteiger partial charge in [0.15, 0.2) is 0 Å². The van der Waals surface area contributed by atoms with Crippen LogP contribution in [0.5, 0.6) is 0 Å². The smallest absolute Gasteiger partial charge is 0.0591 e. The monoisotopic (exact) mass is 208 g/mol. The van der Waals surface area contributed by atoms with Crippen LogP contribution in [0.3, 0.4) is 0 Å². The number of hydrogen-bond acceptors (Lipinski definition) is 2. The maximum absolute atomic E-state index is 5.58. The summed E-state index contributed by atoms with van der Waals surface area (Å²) in [5, 5.41) is 0.638. The van der Waals surface area contributed by atoms with Gasteiger partial charge in [0.1, 0.15) is 0 Å². The van der Waals surface area contributed by atoms with Crippen molar-refractivity contribution in [1.29, 1.82) is 0 Å². The molecule has 1 nitrogen and oxygen atoms in total. The average molecular weight is 208 g/mol. The SMILES string of the molecule is CCCOCC1Cc2ccccc2S1. The zero-order chi connectivity index (χ0) is 9.80. The Balaban J connectivity index is 1.86. The van der Waals surface area contributed by atoms with Crippen molar-refractivity contribution in [1.82, 2.24) is 0 Å². The van der Waals surface area contributed by atoms with E-state index in [1.165, 1.54) is 16.9 Å². The molecule has 76 valence electrons. The number of ether oxygens (including phenoxy) is 1. The first-order chi connectivity index (χ1) is 6.90. The zero-order valence-corrected chi connectivity index (χ0v) is 9.35. The summed E-state index contributed by atoms with van der Waals surface area (Å²) in [6.45, 7) is 3.94. The molecular formula is C12H16OS.